The Labute approximate surface area is 132 Å². The van der Waals surface area contributed by atoms with Crippen LogP contribution in [0.2, 0.25) is 0 Å². The molecule has 7 heteroatoms. The molecule has 0 aromatic heterocycles. The number of ketones is 1. The number of carbonyl (C=O) groups is 2. The van der Waals surface area contributed by atoms with Gasteiger partial charge in [-0.1, -0.05) is 0 Å². The summed E-state index contributed by atoms with van der Waals surface area (Å²) in [6.07, 6.45) is -1.57. The number of nitrogens with one attached hydrogen (secondary N) is 2. The van der Waals surface area contributed by atoms with Crippen molar-refractivity contribution in [1.82, 2.24) is 5.32 Å². The van der Waals surface area contributed by atoms with Crippen LogP contribution in [-0.2, 0) is 9.59 Å². The number of fused-ring (bicyclic) bond motifs is 1. The Bertz CT molecular complexity index is 644. The summed E-state index contributed by atoms with van der Waals surface area (Å²) in [4.78, 5) is 23.0. The molecule has 0 radical (unpaired) electrons. The molecule has 0 bridgehead atoms. The molecule has 5 nitrogen and oxygen atoms in total. The molecule has 2 N–H and O–H groups in total. The molecule has 3 rings (SSSR count). The van der Waals surface area contributed by atoms with E-state index in [1.165, 1.54) is 13.0 Å². The van der Waals surface area contributed by atoms with Crippen molar-refractivity contribution in [2.45, 2.75) is 44.3 Å². The molecule has 1 amide bonds. The third kappa shape index (κ3) is 3.43. The van der Waals surface area contributed by atoms with Crippen molar-refractivity contribution in [3.05, 3.63) is 23.8 Å². The maximum Gasteiger partial charge on any atom is 0.461 e. The minimum Gasteiger partial charge on any atom is -0.426 e. The average molecular weight is 324 g/mol. The summed E-state index contributed by atoms with van der Waals surface area (Å²) in [6.45, 7) is 1.49. The highest BCUT2D eigenvalue weighted by Gasteiger charge is 2.51. The van der Waals surface area contributed by atoms with Gasteiger partial charge in [-0.2, -0.15) is 8.78 Å². The van der Waals surface area contributed by atoms with E-state index in [-0.39, 0.29) is 24.6 Å². The molecule has 1 aromatic carbocycles. The third-order valence-corrected chi connectivity index (χ3v) is 3.98. The van der Waals surface area contributed by atoms with E-state index in [4.69, 9.17) is 0 Å². The van der Waals surface area contributed by atoms with E-state index < -0.39 is 17.8 Å². The summed E-state index contributed by atoms with van der Waals surface area (Å²) < 4.78 is 32.1. The fraction of sp³-hybridized carbons (Fsp3) is 0.500. The summed E-state index contributed by atoms with van der Waals surface area (Å²) in [7, 11) is 0. The summed E-state index contributed by atoms with van der Waals surface area (Å²) in [5.41, 5.74) is 1.23. The second-order valence-corrected chi connectivity index (χ2v) is 5.98. The molecule has 0 spiro atoms. The van der Waals surface area contributed by atoms with Gasteiger partial charge in [-0.3, -0.25) is 9.59 Å². The summed E-state index contributed by atoms with van der Waals surface area (Å²) >= 11 is 0. The highest BCUT2D eigenvalue weighted by atomic mass is 19.3. The maximum absolute atomic E-state index is 13.8. The number of alkyl halides is 2. The van der Waals surface area contributed by atoms with Crippen molar-refractivity contribution in [2.75, 3.05) is 11.9 Å². The molecule has 1 unspecified atom stereocenters. The van der Waals surface area contributed by atoms with Gasteiger partial charge >= 0.3 is 6.11 Å². The predicted molar refractivity (Wildman–Crippen MR) is 79.7 cm³/mol. The first-order valence-corrected chi connectivity index (χ1v) is 7.63. The number of Topliss-reactive ketones (excluding diaryl/α,β-unsaturated/α-hetero) is 1. The van der Waals surface area contributed by atoms with Crippen molar-refractivity contribution < 1.29 is 23.1 Å². The molecule has 1 aromatic rings. The lowest BCUT2D eigenvalue weighted by Gasteiger charge is -2.30. The van der Waals surface area contributed by atoms with Crippen molar-refractivity contribution in [3.63, 3.8) is 0 Å². The number of ether oxygens (including phenoxy) is 1. The van der Waals surface area contributed by atoms with Gasteiger partial charge in [0.2, 0.25) is 5.91 Å². The number of hydrogen-bond acceptors (Lipinski definition) is 4. The first kappa shape index (κ1) is 15.7. The van der Waals surface area contributed by atoms with Crippen LogP contribution in [0, 0.1) is 0 Å². The van der Waals surface area contributed by atoms with Crippen LogP contribution in [-0.4, -0.2) is 30.4 Å². The SMILES string of the molecule is CC(=O)NCCC1C(=O)C(F)(F)Oc2ccc(NC3CC3)cc21. The van der Waals surface area contributed by atoms with Crippen molar-refractivity contribution in [3.8, 4) is 5.75 Å². The van der Waals surface area contributed by atoms with Crippen molar-refractivity contribution in [1.29, 1.82) is 0 Å². The lowest BCUT2D eigenvalue weighted by molar-refractivity contribution is -0.196. The Morgan fingerprint density at radius 2 is 2.13 bits per heavy atom. The fourth-order valence-electron chi connectivity index (χ4n) is 2.68. The molecule has 124 valence electrons. The highest BCUT2D eigenvalue weighted by molar-refractivity contribution is 5.93. The van der Waals surface area contributed by atoms with Gasteiger partial charge in [-0.05, 0) is 37.5 Å². The Morgan fingerprint density at radius 3 is 2.78 bits per heavy atom. The van der Waals surface area contributed by atoms with E-state index in [9.17, 15) is 18.4 Å². The first-order valence-electron chi connectivity index (χ1n) is 7.63. The van der Waals surface area contributed by atoms with Crippen molar-refractivity contribution >= 4 is 17.4 Å². The van der Waals surface area contributed by atoms with Gasteiger partial charge in [0.25, 0.3) is 5.78 Å². The number of anilines is 1. The lowest BCUT2D eigenvalue weighted by Crippen LogP contribution is -2.43. The zero-order chi connectivity index (χ0) is 16.6. The van der Waals surface area contributed by atoms with E-state index in [0.717, 1.165) is 18.5 Å². The smallest absolute Gasteiger partial charge is 0.426 e. The monoisotopic (exact) mass is 324 g/mol. The zero-order valence-corrected chi connectivity index (χ0v) is 12.7. The second-order valence-electron chi connectivity index (χ2n) is 5.98. The molecule has 1 fully saturated rings. The summed E-state index contributed by atoms with van der Waals surface area (Å²) in [6, 6.07) is 5.24. The van der Waals surface area contributed by atoms with E-state index in [1.807, 2.05) is 0 Å². The molecule has 1 aliphatic carbocycles. The Balaban J connectivity index is 1.86. The topological polar surface area (TPSA) is 67.4 Å². The maximum atomic E-state index is 13.8. The quantitative estimate of drug-likeness (QED) is 0.873. The van der Waals surface area contributed by atoms with Gasteiger partial charge in [0.1, 0.15) is 5.75 Å². The van der Waals surface area contributed by atoms with Crippen LogP contribution in [0.5, 0.6) is 5.75 Å². The number of hydrogen-bond donors (Lipinski definition) is 2. The Morgan fingerprint density at radius 1 is 1.39 bits per heavy atom. The van der Waals surface area contributed by atoms with Crippen LogP contribution in [0.3, 0.4) is 0 Å². The van der Waals surface area contributed by atoms with E-state index in [0.29, 0.717) is 11.6 Å². The fourth-order valence-corrected chi connectivity index (χ4v) is 2.68. The normalized spacial score (nSPS) is 22.0. The summed E-state index contributed by atoms with van der Waals surface area (Å²) in [5.74, 6) is -2.51. The van der Waals surface area contributed by atoms with Gasteiger partial charge in [0.05, 0.1) is 5.92 Å². The predicted octanol–water partition coefficient (Wildman–Crippen LogP) is 2.42. The molecular formula is C16H18F2N2O3. The molecule has 23 heavy (non-hydrogen) atoms. The molecule has 1 saturated carbocycles. The third-order valence-electron chi connectivity index (χ3n) is 3.98. The van der Waals surface area contributed by atoms with Crippen LogP contribution >= 0.6 is 0 Å². The van der Waals surface area contributed by atoms with E-state index >= 15 is 0 Å². The molecular weight excluding hydrogens is 306 g/mol. The van der Waals surface area contributed by atoms with Crippen LogP contribution in [0.4, 0.5) is 14.5 Å². The van der Waals surface area contributed by atoms with E-state index in [1.54, 1.807) is 12.1 Å². The van der Waals surface area contributed by atoms with Crippen LogP contribution in [0.1, 0.15) is 37.7 Å². The molecule has 1 aliphatic heterocycles. The largest absolute Gasteiger partial charge is 0.461 e. The molecule has 0 saturated heterocycles. The van der Waals surface area contributed by atoms with Gasteiger partial charge in [0, 0.05) is 30.8 Å². The van der Waals surface area contributed by atoms with Crippen LogP contribution in [0.25, 0.3) is 0 Å². The van der Waals surface area contributed by atoms with Crippen LogP contribution < -0.4 is 15.4 Å². The minimum atomic E-state index is -3.83. The highest BCUT2D eigenvalue weighted by Crippen LogP contribution is 2.43. The van der Waals surface area contributed by atoms with Crippen molar-refractivity contribution in [2.24, 2.45) is 0 Å². The number of carbonyl (C=O) groups excluding carboxylic acids is 2. The molecule has 1 atom stereocenters. The number of halogens is 2. The zero-order valence-electron chi connectivity index (χ0n) is 12.7. The Kier molecular flexibility index (Phi) is 3.95. The number of rotatable bonds is 5. The molecule has 1 heterocycles. The average Bonchev–Trinajstić information content (AvgIpc) is 3.27. The van der Waals surface area contributed by atoms with E-state index in [2.05, 4.69) is 15.4 Å². The Hall–Kier alpha value is -2.18. The van der Waals surface area contributed by atoms with Gasteiger partial charge < -0.3 is 15.4 Å². The minimum absolute atomic E-state index is 0.0174. The lowest BCUT2D eigenvalue weighted by atomic mass is 9.87. The van der Waals surface area contributed by atoms with Gasteiger partial charge in [0.15, 0.2) is 0 Å². The summed E-state index contributed by atoms with van der Waals surface area (Å²) in [5, 5.41) is 5.81. The number of amides is 1. The first-order chi connectivity index (χ1) is 10.9. The van der Waals surface area contributed by atoms with Gasteiger partial charge in [-0.25, -0.2) is 0 Å². The second kappa shape index (κ2) is 5.79. The number of benzene rings is 1. The molecule has 2 aliphatic rings. The van der Waals surface area contributed by atoms with Gasteiger partial charge in [-0.15, -0.1) is 0 Å². The van der Waals surface area contributed by atoms with Crippen LogP contribution in [0.15, 0.2) is 18.2 Å². The standard InChI is InChI=1S/C16H18F2N2O3/c1-9(21)19-7-6-12-13-8-11(20-10-2-3-10)4-5-14(13)23-16(17,18)15(12)22/h4-5,8,10,12,20H,2-3,6-7H2,1H3,(H,19,21).